The van der Waals surface area contributed by atoms with Crippen LogP contribution in [0.4, 0.5) is 0 Å². The van der Waals surface area contributed by atoms with Crippen molar-refractivity contribution in [1.82, 2.24) is 9.80 Å². The van der Waals surface area contributed by atoms with Crippen molar-refractivity contribution >= 4 is 0 Å². The summed E-state index contributed by atoms with van der Waals surface area (Å²) in [5.41, 5.74) is 14.9. The molecule has 0 spiro atoms. The predicted octanol–water partition coefficient (Wildman–Crippen LogP) is 3.71. The second-order valence-corrected chi connectivity index (χ2v) is 9.30. The molecule has 4 atom stereocenters. The maximum atomic E-state index is 6.08. The molecule has 2 aromatic rings. The number of likely N-dealkylation sites (tertiary alicyclic amines) is 2. The van der Waals surface area contributed by atoms with Gasteiger partial charge in [0, 0.05) is 38.3 Å². The van der Waals surface area contributed by atoms with E-state index in [0.717, 1.165) is 26.2 Å². The average Bonchev–Trinajstić information content (AvgIpc) is 2.75. The summed E-state index contributed by atoms with van der Waals surface area (Å²) in [6.07, 6.45) is 2.46. The smallest absolute Gasteiger partial charge is 0.0234 e. The van der Waals surface area contributed by atoms with E-state index in [1.807, 2.05) is 0 Å². The zero-order chi connectivity index (χ0) is 21.3. The molecule has 2 aliphatic rings. The van der Waals surface area contributed by atoms with Crippen LogP contribution in [0.25, 0.3) is 0 Å². The Kier molecular flexibility index (Phi) is 8.88. The van der Waals surface area contributed by atoms with E-state index < -0.39 is 0 Å². The molecule has 4 nitrogen and oxygen atoms in total. The highest BCUT2D eigenvalue weighted by atomic mass is 15.1. The van der Waals surface area contributed by atoms with E-state index in [4.69, 9.17) is 11.5 Å². The van der Waals surface area contributed by atoms with Crippen molar-refractivity contribution in [2.45, 2.75) is 51.9 Å². The van der Waals surface area contributed by atoms with Gasteiger partial charge in [0.15, 0.2) is 0 Å². The molecule has 0 radical (unpaired) electrons. The molecule has 2 fully saturated rings. The first-order valence-corrected chi connectivity index (χ1v) is 11.5. The Labute approximate surface area is 183 Å². The summed E-state index contributed by atoms with van der Waals surface area (Å²) in [4.78, 5) is 4.92. The van der Waals surface area contributed by atoms with Crippen LogP contribution in [-0.2, 0) is 13.1 Å². The Morgan fingerprint density at radius 2 is 1.03 bits per heavy atom. The van der Waals surface area contributed by atoms with Crippen molar-refractivity contribution in [1.29, 1.82) is 0 Å². The number of benzene rings is 2. The molecule has 0 aromatic heterocycles. The molecule has 2 heterocycles. The third-order valence-electron chi connectivity index (χ3n) is 6.70. The summed E-state index contributed by atoms with van der Waals surface area (Å²) in [6, 6.07) is 22.0. The van der Waals surface area contributed by atoms with Crippen molar-refractivity contribution in [2.24, 2.45) is 23.3 Å². The Bertz CT molecular complexity index is 657. The largest absolute Gasteiger partial charge is 0.326 e. The first-order chi connectivity index (χ1) is 14.5. The normalized spacial score (nSPS) is 27.9. The lowest BCUT2D eigenvalue weighted by Gasteiger charge is -2.35. The van der Waals surface area contributed by atoms with Gasteiger partial charge in [0.05, 0.1) is 0 Å². The summed E-state index contributed by atoms with van der Waals surface area (Å²) in [5, 5.41) is 0. The van der Waals surface area contributed by atoms with Gasteiger partial charge in [-0.15, -0.1) is 0 Å². The summed E-state index contributed by atoms with van der Waals surface area (Å²) in [6.45, 7) is 11.0. The van der Waals surface area contributed by atoms with Crippen LogP contribution in [0.1, 0.15) is 37.8 Å². The highest BCUT2D eigenvalue weighted by Gasteiger charge is 2.23. The van der Waals surface area contributed by atoms with E-state index in [9.17, 15) is 0 Å². The standard InChI is InChI=1S/2C13H20N2/c2*1-11-7-8-15(10-13(11)14)9-12-5-3-2-4-6-12/h2*2-6,11,13H,7-10,14H2,1H3/t2*11-,13-/m10/s1. The van der Waals surface area contributed by atoms with Crippen LogP contribution in [0.15, 0.2) is 60.7 Å². The number of rotatable bonds is 4. The molecular formula is C26H40N4. The molecule has 0 unspecified atom stereocenters. The molecule has 4 rings (SSSR count). The number of nitrogens with two attached hydrogens (primary N) is 2. The Morgan fingerprint density at radius 1 is 0.667 bits per heavy atom. The van der Waals surface area contributed by atoms with E-state index in [2.05, 4.69) is 84.3 Å². The summed E-state index contributed by atoms with van der Waals surface area (Å²) >= 11 is 0. The Balaban J connectivity index is 0.000000171. The lowest BCUT2D eigenvalue weighted by molar-refractivity contribution is 0.162. The topological polar surface area (TPSA) is 58.5 Å². The third kappa shape index (κ3) is 7.21. The lowest BCUT2D eigenvalue weighted by atomic mass is 9.94. The SMILES string of the molecule is C[C@@H]1CCN(Cc2ccccc2)C[C@H]1N.C[C@H]1CCN(Cc2ccccc2)C[C@@H]1N. The van der Waals surface area contributed by atoms with Crippen LogP contribution < -0.4 is 11.5 Å². The average molecular weight is 409 g/mol. The highest BCUT2D eigenvalue weighted by Crippen LogP contribution is 2.18. The van der Waals surface area contributed by atoms with Crippen LogP contribution in [0, 0.1) is 11.8 Å². The van der Waals surface area contributed by atoms with Crippen molar-refractivity contribution < 1.29 is 0 Å². The van der Waals surface area contributed by atoms with E-state index in [1.165, 1.54) is 37.1 Å². The van der Waals surface area contributed by atoms with E-state index in [0.29, 0.717) is 23.9 Å². The third-order valence-corrected chi connectivity index (χ3v) is 6.70. The molecular weight excluding hydrogens is 368 g/mol. The Morgan fingerprint density at radius 3 is 1.37 bits per heavy atom. The van der Waals surface area contributed by atoms with Crippen LogP contribution >= 0.6 is 0 Å². The van der Waals surface area contributed by atoms with Gasteiger partial charge in [-0.25, -0.2) is 0 Å². The summed E-state index contributed by atoms with van der Waals surface area (Å²) < 4.78 is 0. The van der Waals surface area contributed by atoms with E-state index >= 15 is 0 Å². The molecule has 2 saturated heterocycles. The van der Waals surface area contributed by atoms with Crippen molar-refractivity contribution in [3.8, 4) is 0 Å². The first kappa shape index (κ1) is 23.0. The van der Waals surface area contributed by atoms with Crippen molar-refractivity contribution in [3.05, 3.63) is 71.8 Å². The lowest BCUT2D eigenvalue weighted by Crippen LogP contribution is -2.47. The maximum Gasteiger partial charge on any atom is 0.0234 e. The molecule has 2 aliphatic heterocycles. The van der Waals surface area contributed by atoms with Gasteiger partial charge in [-0.2, -0.15) is 0 Å². The summed E-state index contributed by atoms with van der Waals surface area (Å²) in [7, 11) is 0. The van der Waals surface area contributed by atoms with Gasteiger partial charge in [-0.05, 0) is 48.9 Å². The zero-order valence-corrected chi connectivity index (χ0v) is 18.8. The second kappa shape index (κ2) is 11.6. The number of nitrogens with zero attached hydrogens (tertiary/aromatic N) is 2. The predicted molar refractivity (Wildman–Crippen MR) is 127 cm³/mol. The fourth-order valence-corrected chi connectivity index (χ4v) is 4.31. The Hall–Kier alpha value is -1.72. The van der Waals surface area contributed by atoms with Crippen LogP contribution in [0.3, 0.4) is 0 Å². The minimum atomic E-state index is 0.350. The number of hydrogen-bond acceptors (Lipinski definition) is 4. The van der Waals surface area contributed by atoms with Gasteiger partial charge in [0.25, 0.3) is 0 Å². The van der Waals surface area contributed by atoms with E-state index in [-0.39, 0.29) is 0 Å². The number of hydrogen-bond donors (Lipinski definition) is 2. The van der Waals surface area contributed by atoms with Gasteiger partial charge in [0.2, 0.25) is 0 Å². The minimum Gasteiger partial charge on any atom is -0.326 e. The monoisotopic (exact) mass is 408 g/mol. The zero-order valence-electron chi connectivity index (χ0n) is 18.8. The molecule has 0 bridgehead atoms. The quantitative estimate of drug-likeness (QED) is 0.810. The van der Waals surface area contributed by atoms with Crippen molar-refractivity contribution in [2.75, 3.05) is 26.2 Å². The van der Waals surface area contributed by atoms with Crippen LogP contribution in [-0.4, -0.2) is 48.1 Å². The van der Waals surface area contributed by atoms with Gasteiger partial charge in [-0.3, -0.25) is 9.80 Å². The molecule has 164 valence electrons. The van der Waals surface area contributed by atoms with Crippen LogP contribution in [0.5, 0.6) is 0 Å². The second-order valence-electron chi connectivity index (χ2n) is 9.30. The fourth-order valence-electron chi connectivity index (χ4n) is 4.31. The summed E-state index contributed by atoms with van der Waals surface area (Å²) in [5.74, 6) is 1.36. The first-order valence-electron chi connectivity index (χ1n) is 11.5. The molecule has 0 amide bonds. The molecule has 30 heavy (non-hydrogen) atoms. The molecule has 4 N–H and O–H groups in total. The molecule has 4 heteroatoms. The molecule has 2 aromatic carbocycles. The maximum absolute atomic E-state index is 6.08. The van der Waals surface area contributed by atoms with E-state index in [1.54, 1.807) is 0 Å². The van der Waals surface area contributed by atoms with Gasteiger partial charge >= 0.3 is 0 Å². The molecule has 0 saturated carbocycles. The van der Waals surface area contributed by atoms with Crippen molar-refractivity contribution in [3.63, 3.8) is 0 Å². The van der Waals surface area contributed by atoms with Gasteiger partial charge in [-0.1, -0.05) is 74.5 Å². The number of piperidine rings is 2. The molecule has 0 aliphatic carbocycles. The van der Waals surface area contributed by atoms with Gasteiger partial charge < -0.3 is 11.5 Å². The highest BCUT2D eigenvalue weighted by molar-refractivity contribution is 5.15. The fraction of sp³-hybridized carbons (Fsp3) is 0.538. The minimum absolute atomic E-state index is 0.350. The van der Waals surface area contributed by atoms with Gasteiger partial charge in [0.1, 0.15) is 0 Å². The van der Waals surface area contributed by atoms with Crippen LogP contribution in [0.2, 0.25) is 0 Å².